The number of esters is 2. The molecule has 1 rings (SSSR count). The molecule has 1 fully saturated rings. The Morgan fingerprint density at radius 3 is 2.10 bits per heavy atom. The third kappa shape index (κ3) is 23.6. The molecule has 0 amide bonds. The molecule has 0 bridgehead atoms. The largest absolute Gasteiger partial charge is 0.462 e. The van der Waals surface area contributed by atoms with Crippen LogP contribution < -0.4 is 0 Å². The number of epoxide rings is 1. The van der Waals surface area contributed by atoms with Crippen molar-refractivity contribution in [1.29, 1.82) is 0 Å². The molecule has 2 unspecified atom stereocenters. The summed E-state index contributed by atoms with van der Waals surface area (Å²) < 4.78 is 16.2. The molecule has 1 aliphatic rings. The number of ether oxygens (including phenoxy) is 3. The highest BCUT2D eigenvalue weighted by molar-refractivity contribution is 5.70. The van der Waals surface area contributed by atoms with E-state index in [-0.39, 0.29) is 37.4 Å². The molecule has 0 spiro atoms. The Hall–Kier alpha value is -1.92. The van der Waals surface area contributed by atoms with Crippen molar-refractivity contribution in [2.75, 3.05) is 13.2 Å². The molecule has 6 heteroatoms. The smallest absolute Gasteiger partial charge is 0.306 e. The fourth-order valence-corrected chi connectivity index (χ4v) is 4.82. The number of hydrogen-bond acceptors (Lipinski definition) is 6. The van der Waals surface area contributed by atoms with Crippen LogP contribution in [0.4, 0.5) is 0 Å². The molecule has 1 N–H and O–H groups in total. The molecule has 1 saturated heterocycles. The van der Waals surface area contributed by atoms with Gasteiger partial charge in [-0.2, -0.15) is 0 Å². The number of aliphatic hydroxyl groups is 1. The predicted molar refractivity (Wildman–Crippen MR) is 172 cm³/mol. The summed E-state index contributed by atoms with van der Waals surface area (Å²) in [6.45, 7) is 6.30. The van der Waals surface area contributed by atoms with Gasteiger partial charge in [0.15, 0.2) is 6.10 Å². The lowest BCUT2D eigenvalue weighted by Gasteiger charge is -2.15. The van der Waals surface area contributed by atoms with Crippen LogP contribution in [-0.2, 0) is 23.8 Å². The monoisotopic (exact) mass is 590 g/mol. The van der Waals surface area contributed by atoms with E-state index >= 15 is 0 Å². The lowest BCUT2D eigenvalue weighted by atomic mass is 10.0. The summed E-state index contributed by atoms with van der Waals surface area (Å²) in [7, 11) is 0. The molecule has 0 aromatic rings. The van der Waals surface area contributed by atoms with Crippen molar-refractivity contribution in [1.82, 2.24) is 0 Å². The lowest BCUT2D eigenvalue weighted by molar-refractivity contribution is -0.161. The van der Waals surface area contributed by atoms with E-state index in [1.54, 1.807) is 0 Å². The highest BCUT2D eigenvalue weighted by atomic mass is 16.6. The SMILES string of the molecule is CCCCC/C=C\C/C=C\C/C=C\CC1OC1CCCC(=O)OC[C@H](CO)OC(=O)CCCCCCCCCC(C)C. The lowest BCUT2D eigenvalue weighted by Crippen LogP contribution is -2.28. The second-order valence-electron chi connectivity index (χ2n) is 12.1. The number of allylic oxidation sites excluding steroid dienone is 5. The van der Waals surface area contributed by atoms with Crippen molar-refractivity contribution >= 4 is 11.9 Å². The molecule has 242 valence electrons. The Kier molecular flexibility index (Phi) is 24.2. The van der Waals surface area contributed by atoms with Crippen molar-refractivity contribution in [2.24, 2.45) is 5.92 Å². The van der Waals surface area contributed by atoms with Crippen LogP contribution in [0, 0.1) is 5.92 Å². The van der Waals surface area contributed by atoms with E-state index in [9.17, 15) is 14.7 Å². The van der Waals surface area contributed by atoms with Crippen molar-refractivity contribution in [3.63, 3.8) is 0 Å². The van der Waals surface area contributed by atoms with Crippen LogP contribution in [-0.4, -0.2) is 48.6 Å². The quantitative estimate of drug-likeness (QED) is 0.0424. The summed E-state index contributed by atoms with van der Waals surface area (Å²) in [5.74, 6) is 0.110. The first-order valence-electron chi connectivity index (χ1n) is 17.0. The van der Waals surface area contributed by atoms with Crippen molar-refractivity contribution in [3.05, 3.63) is 36.5 Å². The van der Waals surface area contributed by atoms with Crippen LogP contribution in [0.1, 0.15) is 143 Å². The molecule has 0 aromatic carbocycles. The number of carbonyl (C=O) groups excluding carboxylic acids is 2. The zero-order valence-electron chi connectivity index (χ0n) is 27.1. The van der Waals surface area contributed by atoms with Crippen LogP contribution in [0.2, 0.25) is 0 Å². The molecule has 0 radical (unpaired) electrons. The summed E-state index contributed by atoms with van der Waals surface area (Å²) in [6, 6.07) is 0. The van der Waals surface area contributed by atoms with Gasteiger partial charge in [0, 0.05) is 12.8 Å². The van der Waals surface area contributed by atoms with Crippen LogP contribution in [0.15, 0.2) is 36.5 Å². The first-order chi connectivity index (χ1) is 20.5. The second kappa shape index (κ2) is 26.7. The standard InChI is InChI=1S/C36H62O6/c1-4-5-6-7-8-9-10-11-12-15-18-21-25-33-34(42-33)26-23-28-35(38)40-30-32(29-37)41-36(39)27-22-19-16-13-14-17-20-24-31(2)3/h8-9,11-12,18,21,31-34,37H,4-7,10,13-17,19-20,22-30H2,1-3H3/b9-8-,12-11-,21-18-/t32-,33?,34?/m0/s1. The number of carbonyl (C=O) groups is 2. The zero-order valence-corrected chi connectivity index (χ0v) is 27.1. The van der Waals surface area contributed by atoms with Gasteiger partial charge >= 0.3 is 11.9 Å². The van der Waals surface area contributed by atoms with Crippen LogP contribution in [0.5, 0.6) is 0 Å². The fourth-order valence-electron chi connectivity index (χ4n) is 4.82. The Morgan fingerprint density at radius 2 is 1.40 bits per heavy atom. The van der Waals surface area contributed by atoms with Crippen molar-refractivity contribution in [3.8, 4) is 0 Å². The van der Waals surface area contributed by atoms with Crippen LogP contribution in [0.25, 0.3) is 0 Å². The summed E-state index contributed by atoms with van der Waals surface area (Å²) in [4.78, 5) is 24.2. The number of rotatable bonds is 28. The van der Waals surface area contributed by atoms with Gasteiger partial charge in [0.1, 0.15) is 6.61 Å². The Bertz CT molecular complexity index is 756. The van der Waals surface area contributed by atoms with E-state index in [4.69, 9.17) is 14.2 Å². The van der Waals surface area contributed by atoms with Crippen molar-refractivity contribution < 1.29 is 28.9 Å². The minimum Gasteiger partial charge on any atom is -0.462 e. The van der Waals surface area contributed by atoms with Gasteiger partial charge in [-0.15, -0.1) is 0 Å². The maximum absolute atomic E-state index is 12.1. The second-order valence-corrected chi connectivity index (χ2v) is 12.1. The third-order valence-corrected chi connectivity index (χ3v) is 7.54. The zero-order chi connectivity index (χ0) is 30.7. The number of aliphatic hydroxyl groups excluding tert-OH is 1. The van der Waals surface area contributed by atoms with Gasteiger partial charge in [-0.1, -0.05) is 115 Å². The third-order valence-electron chi connectivity index (χ3n) is 7.54. The van der Waals surface area contributed by atoms with Gasteiger partial charge in [0.05, 0.1) is 18.8 Å². The van der Waals surface area contributed by atoms with E-state index < -0.39 is 6.10 Å². The average molecular weight is 591 g/mol. The maximum Gasteiger partial charge on any atom is 0.306 e. The van der Waals surface area contributed by atoms with Gasteiger partial charge in [-0.05, 0) is 57.3 Å². The Labute approximate surface area is 257 Å². The van der Waals surface area contributed by atoms with Gasteiger partial charge in [0.2, 0.25) is 0 Å². The van der Waals surface area contributed by atoms with Crippen molar-refractivity contribution in [2.45, 2.75) is 161 Å². The van der Waals surface area contributed by atoms with Gasteiger partial charge < -0.3 is 19.3 Å². The molecule has 1 aliphatic heterocycles. The van der Waals surface area contributed by atoms with Crippen LogP contribution >= 0.6 is 0 Å². The minimum atomic E-state index is -0.799. The first kappa shape index (κ1) is 38.1. The minimum absolute atomic E-state index is 0.103. The van der Waals surface area contributed by atoms with Gasteiger partial charge in [-0.25, -0.2) is 0 Å². The molecule has 42 heavy (non-hydrogen) atoms. The molecule has 6 nitrogen and oxygen atoms in total. The molecular weight excluding hydrogens is 528 g/mol. The average Bonchev–Trinajstić information content (AvgIpc) is 3.72. The first-order valence-corrected chi connectivity index (χ1v) is 17.0. The van der Waals surface area contributed by atoms with E-state index in [0.717, 1.165) is 50.9 Å². The number of unbranched alkanes of at least 4 members (excludes halogenated alkanes) is 9. The fraction of sp³-hybridized carbons (Fsp3) is 0.778. The van der Waals surface area contributed by atoms with E-state index in [1.165, 1.54) is 57.8 Å². The Morgan fingerprint density at radius 1 is 0.762 bits per heavy atom. The normalized spacial score (nSPS) is 17.5. The highest BCUT2D eigenvalue weighted by Gasteiger charge is 2.36. The predicted octanol–water partition coefficient (Wildman–Crippen LogP) is 8.96. The molecule has 0 saturated carbocycles. The summed E-state index contributed by atoms with van der Waals surface area (Å²) in [5.41, 5.74) is 0. The molecule has 3 atom stereocenters. The number of hydrogen-bond donors (Lipinski definition) is 1. The van der Waals surface area contributed by atoms with E-state index in [0.29, 0.717) is 19.3 Å². The van der Waals surface area contributed by atoms with Crippen LogP contribution in [0.3, 0.4) is 0 Å². The summed E-state index contributed by atoms with van der Waals surface area (Å²) >= 11 is 0. The van der Waals surface area contributed by atoms with E-state index in [1.807, 2.05) is 0 Å². The Balaban J connectivity index is 1.99. The van der Waals surface area contributed by atoms with E-state index in [2.05, 4.69) is 57.2 Å². The van der Waals surface area contributed by atoms with Gasteiger partial charge in [-0.3, -0.25) is 9.59 Å². The summed E-state index contributed by atoms with van der Waals surface area (Å²) in [5, 5.41) is 9.51. The molecule has 0 aromatic heterocycles. The molecule has 0 aliphatic carbocycles. The van der Waals surface area contributed by atoms with Gasteiger partial charge in [0.25, 0.3) is 0 Å². The summed E-state index contributed by atoms with van der Waals surface area (Å²) in [6.07, 6.45) is 32.3. The highest BCUT2D eigenvalue weighted by Crippen LogP contribution is 2.30. The topological polar surface area (TPSA) is 85.4 Å². The molecule has 1 heterocycles. The molecular formula is C36H62O6. The maximum atomic E-state index is 12.1.